The van der Waals surface area contributed by atoms with Crippen molar-refractivity contribution in [1.82, 2.24) is 0 Å². The van der Waals surface area contributed by atoms with Gasteiger partial charge < -0.3 is 5.11 Å². The summed E-state index contributed by atoms with van der Waals surface area (Å²) in [4.78, 5) is 13.8. The van der Waals surface area contributed by atoms with Crippen molar-refractivity contribution in [2.75, 3.05) is 5.75 Å². The Labute approximate surface area is 144 Å². The third-order valence-corrected chi connectivity index (χ3v) is 6.09. The Morgan fingerprint density at radius 1 is 1.26 bits per heavy atom. The quantitative estimate of drug-likeness (QED) is 0.814. The lowest BCUT2D eigenvalue weighted by Gasteiger charge is -2.32. The molecule has 0 fully saturated rings. The second-order valence-corrected chi connectivity index (χ2v) is 8.58. The van der Waals surface area contributed by atoms with Gasteiger partial charge in [-0.05, 0) is 53.5 Å². The van der Waals surface area contributed by atoms with Crippen molar-refractivity contribution >= 4 is 29.1 Å². The lowest BCUT2D eigenvalue weighted by Crippen LogP contribution is -2.22. The van der Waals surface area contributed by atoms with Crippen LogP contribution in [0.2, 0.25) is 0 Å². The smallest absolute Gasteiger partial charge is 0.308 e. The second kappa shape index (κ2) is 6.43. The Bertz CT molecular complexity index is 806. The van der Waals surface area contributed by atoms with Crippen molar-refractivity contribution in [3.8, 4) is 11.8 Å². The number of aliphatic carboxylic acids is 1. The molecule has 0 unspecified atom stereocenters. The Morgan fingerprint density at radius 2 is 2.09 bits per heavy atom. The predicted octanol–water partition coefficient (Wildman–Crippen LogP) is 4.55. The van der Waals surface area contributed by atoms with Crippen LogP contribution >= 0.6 is 23.1 Å². The van der Waals surface area contributed by atoms with Crippen LogP contribution in [0.3, 0.4) is 0 Å². The molecule has 0 bridgehead atoms. The van der Waals surface area contributed by atoms with E-state index in [2.05, 4.69) is 43.9 Å². The van der Waals surface area contributed by atoms with Crippen molar-refractivity contribution in [2.45, 2.75) is 37.0 Å². The van der Waals surface area contributed by atoms with E-state index >= 15 is 0 Å². The number of carbonyl (C=O) groups is 1. The van der Waals surface area contributed by atoms with Gasteiger partial charge >= 0.3 is 5.97 Å². The van der Waals surface area contributed by atoms with Crippen LogP contribution in [0.15, 0.2) is 35.2 Å². The summed E-state index contributed by atoms with van der Waals surface area (Å²) in [7, 11) is 0. The highest BCUT2D eigenvalue weighted by Crippen LogP contribution is 2.41. The number of benzene rings is 1. The van der Waals surface area contributed by atoms with Gasteiger partial charge in [-0.2, -0.15) is 0 Å². The van der Waals surface area contributed by atoms with Crippen LogP contribution in [0.1, 0.15) is 41.1 Å². The zero-order valence-corrected chi connectivity index (χ0v) is 14.8. The Balaban J connectivity index is 1.84. The lowest BCUT2D eigenvalue weighted by atomic mass is 9.81. The van der Waals surface area contributed by atoms with Gasteiger partial charge in [0.2, 0.25) is 0 Å². The minimum atomic E-state index is -0.805. The van der Waals surface area contributed by atoms with Crippen LogP contribution < -0.4 is 0 Å². The molecular weight excluding hydrogens is 324 g/mol. The van der Waals surface area contributed by atoms with Crippen LogP contribution in [-0.2, 0) is 16.6 Å². The number of carboxylic acids is 1. The number of rotatable bonds is 2. The van der Waals surface area contributed by atoms with Crippen LogP contribution in [-0.4, -0.2) is 16.8 Å². The zero-order chi connectivity index (χ0) is 16.4. The molecule has 1 aliphatic heterocycles. The minimum Gasteiger partial charge on any atom is -0.481 e. The molecular formula is C19H18O2S2. The van der Waals surface area contributed by atoms with Crippen molar-refractivity contribution in [1.29, 1.82) is 0 Å². The van der Waals surface area contributed by atoms with E-state index in [9.17, 15) is 4.79 Å². The van der Waals surface area contributed by atoms with Gasteiger partial charge in [-0.15, -0.1) is 23.1 Å². The highest BCUT2D eigenvalue weighted by atomic mass is 32.2. The van der Waals surface area contributed by atoms with E-state index < -0.39 is 5.97 Å². The van der Waals surface area contributed by atoms with E-state index in [0.29, 0.717) is 0 Å². The third-order valence-electron chi connectivity index (χ3n) is 4.01. The molecule has 1 N–H and O–H groups in total. The fraction of sp³-hybridized carbons (Fsp3) is 0.316. The van der Waals surface area contributed by atoms with Crippen molar-refractivity contribution in [3.05, 3.63) is 51.2 Å². The summed E-state index contributed by atoms with van der Waals surface area (Å²) in [6.07, 6.45) is 1.25. The Kier molecular flexibility index (Phi) is 4.52. The topological polar surface area (TPSA) is 37.3 Å². The van der Waals surface area contributed by atoms with Crippen LogP contribution in [0.4, 0.5) is 0 Å². The average Bonchev–Trinajstić information content (AvgIpc) is 2.92. The normalized spacial score (nSPS) is 15.4. The lowest BCUT2D eigenvalue weighted by molar-refractivity contribution is -0.136. The molecule has 0 atom stereocenters. The number of hydrogen-bond acceptors (Lipinski definition) is 3. The average molecular weight is 342 g/mol. The first-order chi connectivity index (χ1) is 10.9. The Morgan fingerprint density at radius 3 is 2.87 bits per heavy atom. The molecule has 0 amide bonds. The Hall–Kier alpha value is -1.70. The van der Waals surface area contributed by atoms with Crippen LogP contribution in [0.25, 0.3) is 0 Å². The maximum atomic E-state index is 10.7. The molecule has 0 aliphatic carbocycles. The number of carboxylic acid groups (broad SMARTS) is 1. The molecule has 0 spiro atoms. The van der Waals surface area contributed by atoms with Gasteiger partial charge in [0.15, 0.2) is 0 Å². The third kappa shape index (κ3) is 3.80. The highest BCUT2D eigenvalue weighted by Gasteiger charge is 2.27. The second-order valence-electron chi connectivity index (χ2n) is 6.28. The number of hydrogen-bond donors (Lipinski definition) is 1. The molecule has 0 saturated heterocycles. The highest BCUT2D eigenvalue weighted by molar-refractivity contribution is 7.99. The molecule has 4 heteroatoms. The summed E-state index contributed by atoms with van der Waals surface area (Å²) in [6, 6.07) is 10.2. The van der Waals surface area contributed by atoms with Crippen molar-refractivity contribution in [2.24, 2.45) is 0 Å². The van der Waals surface area contributed by atoms with Crippen LogP contribution in [0.5, 0.6) is 0 Å². The maximum absolute atomic E-state index is 10.7. The maximum Gasteiger partial charge on any atom is 0.308 e. The van der Waals surface area contributed by atoms with E-state index in [1.165, 1.54) is 34.0 Å². The van der Waals surface area contributed by atoms with E-state index in [0.717, 1.165) is 15.3 Å². The summed E-state index contributed by atoms with van der Waals surface area (Å²) in [5, 5.41) is 8.81. The fourth-order valence-electron chi connectivity index (χ4n) is 2.64. The zero-order valence-electron chi connectivity index (χ0n) is 13.2. The first kappa shape index (κ1) is 16.2. The molecule has 2 nitrogen and oxygen atoms in total. The summed E-state index contributed by atoms with van der Waals surface area (Å²) in [5.41, 5.74) is 2.61. The fourth-order valence-corrected chi connectivity index (χ4v) is 4.98. The summed E-state index contributed by atoms with van der Waals surface area (Å²) >= 11 is 3.37. The summed E-state index contributed by atoms with van der Waals surface area (Å²) in [5.74, 6) is 6.75. The molecule has 1 aromatic carbocycles. The van der Waals surface area contributed by atoms with E-state index in [1.807, 2.05) is 23.9 Å². The molecule has 0 radical (unpaired) electrons. The number of fused-ring (bicyclic) bond motifs is 1. The van der Waals surface area contributed by atoms with Gasteiger partial charge in [-0.25, -0.2) is 0 Å². The van der Waals surface area contributed by atoms with Gasteiger partial charge in [0, 0.05) is 15.3 Å². The molecule has 2 aromatic rings. The minimum absolute atomic E-state index is 0.0661. The molecule has 118 valence electrons. The number of thiophene rings is 1. The van der Waals surface area contributed by atoms with Gasteiger partial charge in [0.1, 0.15) is 0 Å². The van der Waals surface area contributed by atoms with Crippen LogP contribution in [0, 0.1) is 11.8 Å². The van der Waals surface area contributed by atoms with E-state index in [4.69, 9.17) is 5.11 Å². The van der Waals surface area contributed by atoms with Crippen molar-refractivity contribution < 1.29 is 9.90 Å². The van der Waals surface area contributed by atoms with E-state index in [-0.39, 0.29) is 11.8 Å². The summed E-state index contributed by atoms with van der Waals surface area (Å²) < 4.78 is 0. The first-order valence-electron chi connectivity index (χ1n) is 7.54. The largest absolute Gasteiger partial charge is 0.481 e. The number of thioether (sulfide) groups is 1. The molecule has 1 aliphatic rings. The SMILES string of the molecule is CC1(C)CCSc2ccc(C#Cc3ccc(CC(=O)O)s3)cc21. The molecule has 3 rings (SSSR count). The monoisotopic (exact) mass is 342 g/mol. The predicted molar refractivity (Wildman–Crippen MR) is 96.4 cm³/mol. The molecule has 2 heterocycles. The standard InChI is InChI=1S/C19H18O2S2/c1-19(2)9-10-22-17-8-4-13(11-16(17)19)3-5-14-6-7-15(23-14)12-18(20)21/h4,6-8,11H,9-10,12H2,1-2H3,(H,20,21). The molecule has 1 aromatic heterocycles. The van der Waals surface area contributed by atoms with Gasteiger partial charge in [0.25, 0.3) is 0 Å². The first-order valence-corrected chi connectivity index (χ1v) is 9.34. The van der Waals surface area contributed by atoms with Gasteiger partial charge in [0.05, 0.1) is 11.3 Å². The van der Waals surface area contributed by atoms with Crippen molar-refractivity contribution in [3.63, 3.8) is 0 Å². The summed E-state index contributed by atoms with van der Waals surface area (Å²) in [6.45, 7) is 4.58. The van der Waals surface area contributed by atoms with Gasteiger partial charge in [-0.3, -0.25) is 4.79 Å². The molecule has 23 heavy (non-hydrogen) atoms. The van der Waals surface area contributed by atoms with Gasteiger partial charge in [-0.1, -0.05) is 25.7 Å². The van der Waals surface area contributed by atoms with E-state index in [1.54, 1.807) is 0 Å². The molecule has 0 saturated carbocycles.